The molecule has 0 unspecified atom stereocenters. The topological polar surface area (TPSA) is 96.0 Å². The Morgan fingerprint density at radius 1 is 1.17 bits per heavy atom. The molecule has 0 amide bonds. The number of nitrogens with one attached hydrogen (secondary N) is 3. The van der Waals surface area contributed by atoms with Crippen molar-refractivity contribution in [3.63, 3.8) is 0 Å². The van der Waals surface area contributed by atoms with E-state index in [1.54, 1.807) is 13.0 Å². The molecule has 1 aromatic heterocycles. The van der Waals surface area contributed by atoms with Crippen molar-refractivity contribution in [1.29, 1.82) is 0 Å². The smallest absolute Gasteiger partial charge is 0.370 e. The van der Waals surface area contributed by atoms with Crippen molar-refractivity contribution >= 4 is 21.8 Å². The first-order chi connectivity index (χ1) is 10.6. The van der Waals surface area contributed by atoms with Crippen molar-refractivity contribution in [3.05, 3.63) is 11.8 Å². The molecule has 0 fully saturated rings. The Bertz CT molecular complexity index is 607. The summed E-state index contributed by atoms with van der Waals surface area (Å²) in [6.07, 6.45) is -5.87. The van der Waals surface area contributed by atoms with Crippen LogP contribution < -0.4 is 15.4 Å². The first kappa shape index (κ1) is 19.4. The summed E-state index contributed by atoms with van der Waals surface area (Å²) in [5, 5.41) is 5.84. The van der Waals surface area contributed by atoms with Gasteiger partial charge in [0.25, 0.3) is 0 Å². The van der Waals surface area contributed by atoms with Gasteiger partial charge in [0, 0.05) is 31.4 Å². The van der Waals surface area contributed by atoms with Crippen LogP contribution in [0.3, 0.4) is 0 Å². The predicted molar refractivity (Wildman–Crippen MR) is 81.9 cm³/mol. The highest BCUT2D eigenvalue weighted by Crippen LogP contribution is 2.19. The highest BCUT2D eigenvalue weighted by atomic mass is 32.2. The van der Waals surface area contributed by atoms with Crippen molar-refractivity contribution in [2.45, 2.75) is 26.4 Å². The molecule has 0 atom stereocenters. The van der Waals surface area contributed by atoms with Crippen LogP contribution in [0.2, 0.25) is 0 Å². The van der Waals surface area contributed by atoms with Crippen LogP contribution >= 0.6 is 0 Å². The van der Waals surface area contributed by atoms with Crippen molar-refractivity contribution in [2.75, 3.05) is 36.0 Å². The number of anilines is 2. The predicted octanol–water partition coefficient (Wildman–Crippen LogP) is 1.50. The summed E-state index contributed by atoms with van der Waals surface area (Å²) in [6, 6.07) is 1.76. The van der Waals surface area contributed by atoms with Crippen molar-refractivity contribution in [1.82, 2.24) is 14.7 Å². The van der Waals surface area contributed by atoms with E-state index >= 15 is 0 Å². The number of sulfonamides is 1. The summed E-state index contributed by atoms with van der Waals surface area (Å²) in [7, 11) is -3.96. The maximum absolute atomic E-state index is 12.0. The zero-order valence-corrected chi connectivity index (χ0v) is 13.7. The fraction of sp³-hybridized carbons (Fsp3) is 0.667. The second-order valence-electron chi connectivity index (χ2n) is 4.75. The van der Waals surface area contributed by atoms with Gasteiger partial charge in [0.1, 0.15) is 5.82 Å². The summed E-state index contributed by atoms with van der Waals surface area (Å²) in [5.74, 6) is -0.0362. The molecule has 7 nitrogen and oxygen atoms in total. The van der Waals surface area contributed by atoms with Gasteiger partial charge in [-0.25, -0.2) is 18.1 Å². The van der Waals surface area contributed by atoms with Crippen LogP contribution in [0.1, 0.15) is 19.0 Å². The molecule has 0 radical (unpaired) electrons. The Kier molecular flexibility index (Phi) is 7.01. The van der Waals surface area contributed by atoms with Crippen molar-refractivity contribution in [3.8, 4) is 0 Å². The molecule has 23 heavy (non-hydrogen) atoms. The minimum atomic E-state index is -4.49. The monoisotopic (exact) mass is 355 g/mol. The summed E-state index contributed by atoms with van der Waals surface area (Å²) < 4.78 is 60.9. The standard InChI is InChI=1S/C12H20F3N5O2S/c1-3-16-10-8-9(2)19-11(20-10)17-5-6-18-23(21,22)7-4-12(13,14)15/h8,18H,3-7H2,1-2H3,(H2,16,17,19,20). The van der Waals surface area contributed by atoms with Crippen LogP contribution in [0.25, 0.3) is 0 Å². The van der Waals surface area contributed by atoms with E-state index in [1.807, 2.05) is 6.92 Å². The molecule has 1 aromatic rings. The molecule has 0 aliphatic heterocycles. The molecule has 11 heteroatoms. The van der Waals surface area contributed by atoms with Gasteiger partial charge in [0.2, 0.25) is 16.0 Å². The van der Waals surface area contributed by atoms with E-state index in [0.717, 1.165) is 5.69 Å². The van der Waals surface area contributed by atoms with Gasteiger partial charge >= 0.3 is 6.18 Å². The second kappa shape index (κ2) is 8.29. The van der Waals surface area contributed by atoms with Crippen LogP contribution in [0, 0.1) is 6.92 Å². The molecular weight excluding hydrogens is 335 g/mol. The molecule has 0 saturated carbocycles. The molecule has 3 N–H and O–H groups in total. The number of rotatable bonds is 9. The van der Waals surface area contributed by atoms with Crippen LogP contribution in [-0.4, -0.2) is 49.9 Å². The number of aryl methyl sites for hydroxylation is 1. The normalized spacial score (nSPS) is 12.2. The van der Waals surface area contributed by atoms with E-state index in [4.69, 9.17) is 0 Å². The number of halogens is 3. The maximum atomic E-state index is 12.0. The summed E-state index contributed by atoms with van der Waals surface area (Å²) >= 11 is 0. The SMILES string of the molecule is CCNc1cc(C)nc(NCCNS(=O)(=O)CCC(F)(F)F)n1. The van der Waals surface area contributed by atoms with Gasteiger partial charge in [0.05, 0.1) is 12.2 Å². The third-order valence-electron chi connectivity index (χ3n) is 2.60. The van der Waals surface area contributed by atoms with Crippen LogP contribution in [0.5, 0.6) is 0 Å². The first-order valence-corrected chi connectivity index (χ1v) is 8.64. The summed E-state index contributed by atoms with van der Waals surface area (Å²) in [6.45, 7) is 4.48. The second-order valence-corrected chi connectivity index (χ2v) is 6.68. The van der Waals surface area contributed by atoms with E-state index in [2.05, 4.69) is 25.3 Å². The minimum absolute atomic E-state index is 0.0615. The summed E-state index contributed by atoms with van der Waals surface area (Å²) in [5.41, 5.74) is 0.726. The van der Waals surface area contributed by atoms with Crippen molar-refractivity contribution < 1.29 is 21.6 Å². The molecule has 0 bridgehead atoms. The Hall–Kier alpha value is -1.62. The highest BCUT2D eigenvalue weighted by molar-refractivity contribution is 7.89. The zero-order chi connectivity index (χ0) is 17.5. The van der Waals surface area contributed by atoms with Crippen LogP contribution in [-0.2, 0) is 10.0 Å². The van der Waals surface area contributed by atoms with Gasteiger partial charge < -0.3 is 10.6 Å². The number of alkyl halides is 3. The average molecular weight is 355 g/mol. The lowest BCUT2D eigenvalue weighted by Crippen LogP contribution is -2.32. The number of hydrogen-bond acceptors (Lipinski definition) is 6. The van der Waals surface area contributed by atoms with Gasteiger partial charge in [-0.1, -0.05) is 0 Å². The average Bonchev–Trinajstić information content (AvgIpc) is 2.41. The fourth-order valence-corrected chi connectivity index (χ4v) is 2.68. The van der Waals surface area contributed by atoms with E-state index in [1.165, 1.54) is 0 Å². The fourth-order valence-electron chi connectivity index (χ4n) is 1.62. The van der Waals surface area contributed by atoms with Crippen molar-refractivity contribution in [2.24, 2.45) is 0 Å². The van der Waals surface area contributed by atoms with E-state index < -0.39 is 28.4 Å². The Morgan fingerprint density at radius 3 is 2.48 bits per heavy atom. The van der Waals surface area contributed by atoms with E-state index in [-0.39, 0.29) is 13.1 Å². The molecule has 0 aromatic carbocycles. The molecule has 0 saturated heterocycles. The van der Waals surface area contributed by atoms with Gasteiger partial charge in [-0.05, 0) is 13.8 Å². The largest absolute Gasteiger partial charge is 0.390 e. The van der Waals surface area contributed by atoms with Gasteiger partial charge in [-0.2, -0.15) is 18.2 Å². The lowest BCUT2D eigenvalue weighted by Gasteiger charge is -2.10. The Balaban J connectivity index is 2.42. The molecule has 0 aliphatic carbocycles. The minimum Gasteiger partial charge on any atom is -0.370 e. The molecule has 132 valence electrons. The third kappa shape index (κ3) is 8.55. The highest BCUT2D eigenvalue weighted by Gasteiger charge is 2.29. The number of aromatic nitrogens is 2. The third-order valence-corrected chi connectivity index (χ3v) is 3.98. The lowest BCUT2D eigenvalue weighted by molar-refractivity contribution is -0.129. The molecule has 1 rings (SSSR count). The quantitative estimate of drug-likeness (QED) is 0.581. The molecule has 1 heterocycles. The van der Waals surface area contributed by atoms with Crippen LogP contribution in [0.15, 0.2) is 6.07 Å². The molecule has 0 spiro atoms. The van der Waals surface area contributed by atoms with Crippen LogP contribution in [0.4, 0.5) is 24.9 Å². The number of nitrogens with zero attached hydrogens (tertiary/aromatic N) is 2. The Labute approximate surface area is 133 Å². The first-order valence-electron chi connectivity index (χ1n) is 6.99. The van der Waals surface area contributed by atoms with E-state index in [9.17, 15) is 21.6 Å². The van der Waals surface area contributed by atoms with Gasteiger partial charge in [-0.15, -0.1) is 0 Å². The van der Waals surface area contributed by atoms with Gasteiger partial charge in [0.15, 0.2) is 0 Å². The van der Waals surface area contributed by atoms with Gasteiger partial charge in [-0.3, -0.25) is 0 Å². The summed E-state index contributed by atoms with van der Waals surface area (Å²) in [4.78, 5) is 8.30. The molecular formula is C12H20F3N5O2S. The van der Waals surface area contributed by atoms with E-state index in [0.29, 0.717) is 18.3 Å². The number of hydrogen-bond donors (Lipinski definition) is 3. The zero-order valence-electron chi connectivity index (χ0n) is 12.9. The lowest BCUT2D eigenvalue weighted by atomic mass is 10.4. The maximum Gasteiger partial charge on any atom is 0.390 e. The molecule has 0 aliphatic rings. The Morgan fingerprint density at radius 2 is 1.87 bits per heavy atom.